The normalized spacial score (nSPS) is 11.1. The maximum absolute atomic E-state index is 6.11. The number of benzene rings is 2. The minimum absolute atomic E-state index is 0.450. The molecule has 0 radical (unpaired) electrons. The van der Waals surface area contributed by atoms with Crippen molar-refractivity contribution in [3.63, 3.8) is 0 Å². The Labute approximate surface area is 139 Å². The molecule has 0 N–H and O–H groups in total. The molecule has 3 rings (SSSR count). The third-order valence-electron chi connectivity index (χ3n) is 3.74. The van der Waals surface area contributed by atoms with Gasteiger partial charge >= 0.3 is 0 Å². The van der Waals surface area contributed by atoms with Crippen LogP contribution in [0.5, 0.6) is 5.75 Å². The van der Waals surface area contributed by atoms with Crippen LogP contribution in [-0.2, 0) is 6.54 Å². The van der Waals surface area contributed by atoms with Gasteiger partial charge < -0.3 is 9.30 Å². The molecule has 0 aliphatic heterocycles. The van der Waals surface area contributed by atoms with Crippen molar-refractivity contribution in [2.24, 2.45) is 0 Å². The summed E-state index contributed by atoms with van der Waals surface area (Å²) in [5.41, 5.74) is 4.63. The quantitative estimate of drug-likeness (QED) is 0.668. The van der Waals surface area contributed by atoms with Gasteiger partial charge in [0, 0.05) is 0 Å². The molecule has 22 heavy (non-hydrogen) atoms. The van der Waals surface area contributed by atoms with Gasteiger partial charge in [0.25, 0.3) is 0 Å². The lowest BCUT2D eigenvalue weighted by Crippen LogP contribution is -2.07. The number of fused-ring (bicyclic) bond motifs is 1. The maximum atomic E-state index is 6.11. The van der Waals surface area contributed by atoms with Crippen LogP contribution in [0.3, 0.4) is 0 Å². The molecule has 114 valence electrons. The number of ether oxygens (including phenoxy) is 1. The predicted octanol–water partition coefficient (Wildman–Crippen LogP) is 5.04. The van der Waals surface area contributed by atoms with Gasteiger partial charge in [0.2, 0.25) is 0 Å². The zero-order valence-corrected chi connectivity index (χ0v) is 13.9. The number of halogens is 2. The summed E-state index contributed by atoms with van der Waals surface area (Å²) in [5, 5.41) is 0.949. The molecule has 2 aromatic carbocycles. The number of hydrogen-bond donors (Lipinski definition) is 0. The van der Waals surface area contributed by atoms with Gasteiger partial charge in [-0.3, -0.25) is 0 Å². The Morgan fingerprint density at radius 2 is 1.91 bits per heavy atom. The molecular weight excluding hydrogens is 319 g/mol. The first-order chi connectivity index (χ1) is 10.6. The van der Waals surface area contributed by atoms with Crippen molar-refractivity contribution in [3.05, 3.63) is 57.8 Å². The Kier molecular flexibility index (Phi) is 4.27. The highest BCUT2D eigenvalue weighted by Crippen LogP contribution is 2.31. The van der Waals surface area contributed by atoms with E-state index in [0.717, 1.165) is 11.0 Å². The molecule has 0 atom stereocenters. The standard InChI is InChI=1S/C17H16Cl2N2O/c1-11-8-14-15(9-12(11)2)21(10-20-14)6-7-22-16-5-3-4-13(18)17(16)19/h3-5,8-10H,6-7H2,1-2H3. The Hall–Kier alpha value is -1.71. The van der Waals surface area contributed by atoms with Crippen molar-refractivity contribution in [1.29, 1.82) is 0 Å². The third kappa shape index (κ3) is 2.92. The van der Waals surface area contributed by atoms with Crippen LogP contribution >= 0.6 is 23.2 Å². The van der Waals surface area contributed by atoms with Gasteiger partial charge in [-0.15, -0.1) is 0 Å². The average molecular weight is 335 g/mol. The lowest BCUT2D eigenvalue weighted by Gasteiger charge is -2.10. The fourth-order valence-corrected chi connectivity index (χ4v) is 2.69. The number of imidazole rings is 1. The Bertz CT molecular complexity index is 827. The number of aromatic nitrogens is 2. The first-order valence-electron chi connectivity index (χ1n) is 7.05. The van der Waals surface area contributed by atoms with Gasteiger partial charge in [0.05, 0.1) is 28.9 Å². The average Bonchev–Trinajstić information content (AvgIpc) is 2.86. The lowest BCUT2D eigenvalue weighted by atomic mass is 10.1. The molecule has 5 heteroatoms. The van der Waals surface area contributed by atoms with Gasteiger partial charge in [0.1, 0.15) is 17.4 Å². The molecule has 0 aliphatic carbocycles. The molecule has 0 saturated carbocycles. The van der Waals surface area contributed by atoms with E-state index in [1.807, 2.05) is 18.5 Å². The van der Waals surface area contributed by atoms with Crippen LogP contribution in [0, 0.1) is 13.8 Å². The van der Waals surface area contributed by atoms with Gasteiger partial charge in [-0.05, 0) is 49.2 Å². The highest BCUT2D eigenvalue weighted by Gasteiger charge is 2.07. The topological polar surface area (TPSA) is 27.1 Å². The van der Waals surface area contributed by atoms with E-state index in [1.165, 1.54) is 11.1 Å². The van der Waals surface area contributed by atoms with Gasteiger partial charge in [0.15, 0.2) is 0 Å². The van der Waals surface area contributed by atoms with Crippen LogP contribution in [0.15, 0.2) is 36.7 Å². The minimum atomic E-state index is 0.450. The van der Waals surface area contributed by atoms with Crippen LogP contribution < -0.4 is 4.74 Å². The summed E-state index contributed by atoms with van der Waals surface area (Å²) in [6.07, 6.45) is 1.84. The first kappa shape index (κ1) is 15.2. The van der Waals surface area contributed by atoms with E-state index in [1.54, 1.807) is 6.07 Å². The molecule has 0 spiro atoms. The summed E-state index contributed by atoms with van der Waals surface area (Å²) in [7, 11) is 0. The molecule has 3 aromatic rings. The minimum Gasteiger partial charge on any atom is -0.490 e. The Morgan fingerprint density at radius 3 is 2.73 bits per heavy atom. The zero-order valence-electron chi connectivity index (χ0n) is 12.4. The van der Waals surface area contributed by atoms with Crippen LogP contribution in [0.1, 0.15) is 11.1 Å². The second kappa shape index (κ2) is 6.19. The van der Waals surface area contributed by atoms with Crippen molar-refractivity contribution in [1.82, 2.24) is 9.55 Å². The SMILES string of the molecule is Cc1cc2ncn(CCOc3cccc(Cl)c3Cl)c2cc1C. The molecule has 0 aliphatic rings. The van der Waals surface area contributed by atoms with Crippen LogP contribution in [0.4, 0.5) is 0 Å². The van der Waals surface area contributed by atoms with Crippen LogP contribution in [-0.4, -0.2) is 16.2 Å². The lowest BCUT2D eigenvalue weighted by molar-refractivity contribution is 0.300. The van der Waals surface area contributed by atoms with Gasteiger partial charge in [-0.25, -0.2) is 4.98 Å². The zero-order chi connectivity index (χ0) is 15.7. The van der Waals surface area contributed by atoms with Gasteiger partial charge in [-0.1, -0.05) is 29.3 Å². The highest BCUT2D eigenvalue weighted by atomic mass is 35.5. The van der Waals surface area contributed by atoms with Crippen molar-refractivity contribution in [2.45, 2.75) is 20.4 Å². The van der Waals surface area contributed by atoms with Crippen molar-refractivity contribution in [3.8, 4) is 5.75 Å². The number of nitrogens with zero attached hydrogens (tertiary/aromatic N) is 2. The number of aryl methyl sites for hydroxylation is 2. The maximum Gasteiger partial charge on any atom is 0.139 e. The molecule has 3 nitrogen and oxygen atoms in total. The van der Waals surface area contributed by atoms with E-state index in [4.69, 9.17) is 27.9 Å². The summed E-state index contributed by atoms with van der Waals surface area (Å²) in [4.78, 5) is 4.44. The molecule has 0 bridgehead atoms. The van der Waals surface area contributed by atoms with E-state index in [-0.39, 0.29) is 0 Å². The molecule has 0 unspecified atom stereocenters. The van der Waals surface area contributed by atoms with Crippen molar-refractivity contribution in [2.75, 3.05) is 6.61 Å². The molecule has 1 heterocycles. The second-order valence-electron chi connectivity index (χ2n) is 5.26. The molecule has 0 fully saturated rings. The number of rotatable bonds is 4. The van der Waals surface area contributed by atoms with E-state index in [2.05, 4.69) is 35.5 Å². The summed E-state index contributed by atoms with van der Waals surface area (Å²) in [6.45, 7) is 5.40. The number of hydrogen-bond acceptors (Lipinski definition) is 2. The fourth-order valence-electron chi connectivity index (χ4n) is 2.34. The summed E-state index contributed by atoms with van der Waals surface area (Å²) in [5.74, 6) is 0.602. The predicted molar refractivity (Wildman–Crippen MR) is 91.2 cm³/mol. The smallest absolute Gasteiger partial charge is 0.139 e. The Balaban J connectivity index is 1.74. The fraction of sp³-hybridized carbons (Fsp3) is 0.235. The molecule has 0 saturated heterocycles. The molecular formula is C17H16Cl2N2O. The van der Waals surface area contributed by atoms with Crippen molar-refractivity contribution < 1.29 is 4.74 Å². The summed E-state index contributed by atoms with van der Waals surface area (Å²) < 4.78 is 7.81. The summed E-state index contributed by atoms with van der Waals surface area (Å²) in [6, 6.07) is 9.64. The van der Waals surface area contributed by atoms with Gasteiger partial charge in [-0.2, -0.15) is 0 Å². The first-order valence-corrected chi connectivity index (χ1v) is 7.81. The van der Waals surface area contributed by atoms with E-state index >= 15 is 0 Å². The third-order valence-corrected chi connectivity index (χ3v) is 4.54. The highest BCUT2D eigenvalue weighted by molar-refractivity contribution is 6.42. The van der Waals surface area contributed by atoms with E-state index in [9.17, 15) is 0 Å². The molecule has 0 amide bonds. The Morgan fingerprint density at radius 1 is 1.14 bits per heavy atom. The van der Waals surface area contributed by atoms with Crippen LogP contribution in [0.2, 0.25) is 10.0 Å². The second-order valence-corrected chi connectivity index (χ2v) is 6.05. The van der Waals surface area contributed by atoms with E-state index in [0.29, 0.717) is 28.9 Å². The van der Waals surface area contributed by atoms with Crippen molar-refractivity contribution >= 4 is 34.2 Å². The monoisotopic (exact) mass is 334 g/mol. The largest absolute Gasteiger partial charge is 0.490 e. The van der Waals surface area contributed by atoms with E-state index < -0.39 is 0 Å². The summed E-state index contributed by atoms with van der Waals surface area (Å²) >= 11 is 12.1. The molecule has 1 aromatic heterocycles. The van der Waals surface area contributed by atoms with Crippen LogP contribution in [0.25, 0.3) is 11.0 Å².